The molecule has 0 saturated carbocycles. The molecule has 6 heteroatoms. The predicted octanol–water partition coefficient (Wildman–Crippen LogP) is 1.87. The van der Waals surface area contributed by atoms with Gasteiger partial charge in [-0.3, -0.25) is 0 Å². The summed E-state index contributed by atoms with van der Waals surface area (Å²) in [5.41, 5.74) is 3.36. The van der Waals surface area contributed by atoms with Gasteiger partial charge in [0.15, 0.2) is 0 Å². The summed E-state index contributed by atoms with van der Waals surface area (Å²) in [5.74, 6) is 0.881. The number of methoxy groups -OCH3 is 1. The number of para-hydroxylation sites is 1. The van der Waals surface area contributed by atoms with Crippen LogP contribution in [0.25, 0.3) is 17.0 Å². The lowest BCUT2D eigenvalue weighted by Crippen LogP contribution is -3.00. The number of aromatic nitrogens is 1. The Kier molecular flexibility index (Phi) is 5.69. The maximum absolute atomic E-state index is 6.15. The van der Waals surface area contributed by atoms with E-state index in [0.29, 0.717) is 0 Å². The first kappa shape index (κ1) is 19.3. The van der Waals surface area contributed by atoms with Crippen LogP contribution in [0.2, 0.25) is 5.02 Å². The van der Waals surface area contributed by atoms with E-state index in [1.54, 1.807) is 18.9 Å². The van der Waals surface area contributed by atoms with Crippen molar-refractivity contribution < 1.29 is 33.3 Å². The van der Waals surface area contributed by atoms with Crippen molar-refractivity contribution >= 4 is 46.0 Å². The Morgan fingerprint density at radius 1 is 1.15 bits per heavy atom. The molecule has 0 spiro atoms. The molecule has 134 valence electrons. The van der Waals surface area contributed by atoms with Crippen LogP contribution >= 0.6 is 23.4 Å². The van der Waals surface area contributed by atoms with E-state index in [1.807, 2.05) is 24.3 Å². The third-order valence-corrected chi connectivity index (χ3v) is 5.92. The molecule has 4 rings (SSSR count). The number of ether oxygens (including phenoxy) is 1. The highest BCUT2D eigenvalue weighted by Gasteiger charge is 2.24. The standard InChI is InChI=1S/C20H18ClN2OS.HI/c1-22-14(11-18(24-3)15-6-4-5-7-16(15)22)12-20-23(2)17-10-13(21)8-9-19(17)25-20;/h4-12H,1-3H3;1H/q+1;/p-1. The van der Waals surface area contributed by atoms with Gasteiger partial charge in [-0.05, 0) is 24.3 Å². The molecular formula is C20H18ClIN2OS. The molecule has 2 heterocycles. The Bertz CT molecular complexity index is 1020. The Morgan fingerprint density at radius 2 is 1.92 bits per heavy atom. The fraction of sp³-hybridized carbons (Fsp3) is 0.150. The number of anilines is 1. The molecule has 0 amide bonds. The molecule has 0 fully saturated rings. The molecule has 0 radical (unpaired) electrons. The number of hydrogen-bond acceptors (Lipinski definition) is 3. The van der Waals surface area contributed by atoms with Gasteiger partial charge >= 0.3 is 0 Å². The fourth-order valence-electron chi connectivity index (χ4n) is 3.12. The minimum Gasteiger partial charge on any atom is -1.00 e. The second-order valence-electron chi connectivity index (χ2n) is 5.97. The Labute approximate surface area is 179 Å². The normalized spacial score (nSPS) is 14.5. The molecule has 26 heavy (non-hydrogen) atoms. The van der Waals surface area contributed by atoms with Crippen molar-refractivity contribution in [3.8, 4) is 5.75 Å². The van der Waals surface area contributed by atoms with Crippen molar-refractivity contribution in [2.75, 3.05) is 19.1 Å². The van der Waals surface area contributed by atoms with Gasteiger partial charge in [-0.25, -0.2) is 0 Å². The van der Waals surface area contributed by atoms with Crippen molar-refractivity contribution in [3.63, 3.8) is 0 Å². The van der Waals surface area contributed by atoms with Gasteiger partial charge < -0.3 is 33.6 Å². The number of hydrogen-bond donors (Lipinski definition) is 0. The average molecular weight is 497 g/mol. The molecule has 1 aliphatic heterocycles. The van der Waals surface area contributed by atoms with Crippen LogP contribution in [0.15, 0.2) is 58.5 Å². The highest BCUT2D eigenvalue weighted by Crippen LogP contribution is 2.46. The van der Waals surface area contributed by atoms with Crippen LogP contribution in [-0.4, -0.2) is 14.2 Å². The number of nitrogens with zero attached hydrogens (tertiary/aromatic N) is 2. The maximum Gasteiger partial charge on any atom is 0.216 e. The van der Waals surface area contributed by atoms with Crippen LogP contribution in [0.5, 0.6) is 5.75 Å². The largest absolute Gasteiger partial charge is 1.00 e. The average Bonchev–Trinajstić information content (AvgIpc) is 2.93. The van der Waals surface area contributed by atoms with Crippen molar-refractivity contribution in [2.45, 2.75) is 4.90 Å². The number of thioether (sulfide) groups is 1. The summed E-state index contributed by atoms with van der Waals surface area (Å²) >= 11 is 7.90. The number of halogens is 2. The monoisotopic (exact) mass is 496 g/mol. The molecule has 0 N–H and O–H groups in total. The molecule has 3 nitrogen and oxygen atoms in total. The third kappa shape index (κ3) is 3.28. The summed E-state index contributed by atoms with van der Waals surface area (Å²) in [6, 6.07) is 16.4. The number of benzene rings is 2. The smallest absolute Gasteiger partial charge is 0.216 e. The van der Waals surface area contributed by atoms with Gasteiger partial charge in [0, 0.05) is 29.1 Å². The van der Waals surface area contributed by atoms with E-state index in [0.717, 1.165) is 38.1 Å². The molecule has 2 aromatic carbocycles. The SMILES string of the molecule is COc1cc(/C=C2\Sc3ccc(Cl)cc3N2C)[n+](C)c2ccccc12.[I-]. The van der Waals surface area contributed by atoms with Crippen LogP contribution in [-0.2, 0) is 7.05 Å². The molecule has 0 saturated heterocycles. The van der Waals surface area contributed by atoms with Gasteiger partial charge in [-0.15, -0.1) is 0 Å². The second-order valence-corrected chi connectivity index (χ2v) is 7.47. The van der Waals surface area contributed by atoms with Gasteiger partial charge in [0.2, 0.25) is 11.2 Å². The summed E-state index contributed by atoms with van der Waals surface area (Å²) in [6.07, 6.45) is 2.19. The Balaban J connectivity index is 0.00000196. The molecule has 0 bridgehead atoms. The molecule has 0 atom stereocenters. The highest BCUT2D eigenvalue weighted by molar-refractivity contribution is 8.03. The van der Waals surface area contributed by atoms with E-state index in [2.05, 4.69) is 53.9 Å². The summed E-state index contributed by atoms with van der Waals surface area (Å²) in [7, 11) is 5.87. The van der Waals surface area contributed by atoms with Crippen molar-refractivity contribution in [2.24, 2.45) is 7.05 Å². The summed E-state index contributed by atoms with van der Waals surface area (Å²) in [4.78, 5) is 3.39. The van der Waals surface area contributed by atoms with Gasteiger partial charge in [-0.2, -0.15) is 4.57 Å². The lowest BCUT2D eigenvalue weighted by Gasteiger charge is -2.13. The molecule has 0 unspecified atom stereocenters. The lowest BCUT2D eigenvalue weighted by molar-refractivity contribution is -0.646. The summed E-state index contributed by atoms with van der Waals surface area (Å²) in [6.45, 7) is 0. The molecule has 1 aromatic heterocycles. The Morgan fingerprint density at radius 3 is 2.69 bits per heavy atom. The minimum absolute atomic E-state index is 0. The van der Waals surface area contributed by atoms with Crippen molar-refractivity contribution in [1.29, 1.82) is 0 Å². The van der Waals surface area contributed by atoms with Gasteiger partial charge in [0.25, 0.3) is 0 Å². The zero-order valence-electron chi connectivity index (χ0n) is 14.7. The molecular weight excluding hydrogens is 479 g/mol. The van der Waals surface area contributed by atoms with Gasteiger partial charge in [-0.1, -0.05) is 35.5 Å². The van der Waals surface area contributed by atoms with Crippen LogP contribution in [0, 0.1) is 0 Å². The number of fused-ring (bicyclic) bond motifs is 2. The first-order valence-corrected chi connectivity index (χ1v) is 9.16. The van der Waals surface area contributed by atoms with E-state index >= 15 is 0 Å². The van der Waals surface area contributed by atoms with Crippen LogP contribution in [0.3, 0.4) is 0 Å². The van der Waals surface area contributed by atoms with Crippen LogP contribution in [0.4, 0.5) is 5.69 Å². The van der Waals surface area contributed by atoms with E-state index in [-0.39, 0.29) is 24.0 Å². The van der Waals surface area contributed by atoms with E-state index < -0.39 is 0 Å². The Hall–Kier alpha value is -1.44. The highest BCUT2D eigenvalue weighted by atomic mass is 127. The molecule has 3 aromatic rings. The maximum atomic E-state index is 6.15. The zero-order chi connectivity index (χ0) is 17.6. The summed E-state index contributed by atoms with van der Waals surface area (Å²) < 4.78 is 7.80. The van der Waals surface area contributed by atoms with Gasteiger partial charge in [0.1, 0.15) is 12.8 Å². The van der Waals surface area contributed by atoms with E-state index in [4.69, 9.17) is 16.3 Å². The number of aryl methyl sites for hydroxylation is 1. The number of pyridine rings is 1. The van der Waals surface area contributed by atoms with Crippen molar-refractivity contribution in [1.82, 2.24) is 0 Å². The topological polar surface area (TPSA) is 16.4 Å². The van der Waals surface area contributed by atoms with Crippen LogP contribution < -0.4 is 38.2 Å². The zero-order valence-corrected chi connectivity index (χ0v) is 18.4. The van der Waals surface area contributed by atoms with Gasteiger partial charge in [0.05, 0.1) is 29.3 Å². The van der Waals surface area contributed by atoms with E-state index in [9.17, 15) is 0 Å². The quantitative estimate of drug-likeness (QED) is 0.398. The third-order valence-electron chi connectivity index (χ3n) is 4.52. The first-order chi connectivity index (χ1) is 12.1. The minimum atomic E-state index is 0. The first-order valence-electron chi connectivity index (χ1n) is 7.97. The second kappa shape index (κ2) is 7.66. The fourth-order valence-corrected chi connectivity index (χ4v) is 4.36. The molecule has 0 aliphatic carbocycles. The summed E-state index contributed by atoms with van der Waals surface area (Å²) in [5, 5.41) is 3.02. The predicted molar refractivity (Wildman–Crippen MR) is 105 cm³/mol. The number of rotatable bonds is 2. The van der Waals surface area contributed by atoms with E-state index in [1.165, 1.54) is 4.90 Å². The lowest BCUT2D eigenvalue weighted by atomic mass is 10.1. The van der Waals surface area contributed by atoms with Crippen LogP contribution in [0.1, 0.15) is 5.69 Å². The van der Waals surface area contributed by atoms with Crippen molar-refractivity contribution in [3.05, 3.63) is 64.3 Å². The molecule has 1 aliphatic rings.